The van der Waals surface area contributed by atoms with Crippen LogP contribution in [0, 0.1) is 5.92 Å². The van der Waals surface area contributed by atoms with Gasteiger partial charge >= 0.3 is 0 Å². The second-order valence-corrected chi connectivity index (χ2v) is 5.44. The fraction of sp³-hybridized carbons (Fsp3) is 0.571. The van der Waals surface area contributed by atoms with Crippen LogP contribution in [0.2, 0.25) is 5.02 Å². The van der Waals surface area contributed by atoms with E-state index in [1.165, 1.54) is 37.7 Å². The van der Waals surface area contributed by atoms with Crippen molar-refractivity contribution < 1.29 is 0 Å². The van der Waals surface area contributed by atoms with Crippen LogP contribution in [0.3, 0.4) is 0 Å². The van der Waals surface area contributed by atoms with Crippen molar-refractivity contribution in [2.45, 2.75) is 44.6 Å². The highest BCUT2D eigenvalue weighted by Gasteiger charge is 2.17. The lowest BCUT2D eigenvalue weighted by atomic mass is 9.95. The standard InChI is InChI=1S/C14H21ClN2/c15-13-8-6-12(7-9-13)14(17-16)10-5-11-3-1-2-4-11/h6-9,11,14,17H,1-5,10,16H2. The van der Waals surface area contributed by atoms with Gasteiger partial charge in [0.1, 0.15) is 0 Å². The molecule has 94 valence electrons. The Kier molecular flexibility index (Phi) is 4.84. The van der Waals surface area contributed by atoms with Gasteiger partial charge in [-0.15, -0.1) is 0 Å². The molecule has 0 spiro atoms. The van der Waals surface area contributed by atoms with E-state index in [2.05, 4.69) is 17.6 Å². The fourth-order valence-corrected chi connectivity index (χ4v) is 2.87. The molecule has 1 aliphatic rings. The highest BCUT2D eigenvalue weighted by Crippen LogP contribution is 2.31. The molecule has 1 atom stereocenters. The Morgan fingerprint density at radius 2 is 1.88 bits per heavy atom. The zero-order valence-corrected chi connectivity index (χ0v) is 10.9. The quantitative estimate of drug-likeness (QED) is 0.618. The Balaban J connectivity index is 1.89. The normalized spacial score (nSPS) is 18.5. The van der Waals surface area contributed by atoms with E-state index in [1.807, 2.05) is 12.1 Å². The van der Waals surface area contributed by atoms with Crippen molar-refractivity contribution in [3.05, 3.63) is 34.9 Å². The second-order valence-electron chi connectivity index (χ2n) is 5.00. The average molecular weight is 253 g/mol. The summed E-state index contributed by atoms with van der Waals surface area (Å²) in [6, 6.07) is 8.23. The SMILES string of the molecule is NNC(CCC1CCCC1)c1ccc(Cl)cc1. The summed E-state index contributed by atoms with van der Waals surface area (Å²) in [5.41, 5.74) is 4.15. The van der Waals surface area contributed by atoms with E-state index in [1.54, 1.807) is 0 Å². The number of nitrogens with one attached hydrogen (secondary N) is 1. The first-order chi connectivity index (χ1) is 8.29. The number of rotatable bonds is 5. The maximum atomic E-state index is 5.89. The van der Waals surface area contributed by atoms with Crippen molar-refractivity contribution in [2.75, 3.05) is 0 Å². The first-order valence-corrected chi connectivity index (χ1v) is 6.89. The van der Waals surface area contributed by atoms with Crippen LogP contribution >= 0.6 is 11.6 Å². The van der Waals surface area contributed by atoms with Gasteiger partial charge < -0.3 is 0 Å². The molecule has 0 aromatic heterocycles. The van der Waals surface area contributed by atoms with Gasteiger partial charge in [0, 0.05) is 11.1 Å². The van der Waals surface area contributed by atoms with Crippen molar-refractivity contribution >= 4 is 11.6 Å². The van der Waals surface area contributed by atoms with E-state index in [0.29, 0.717) is 0 Å². The molecule has 2 nitrogen and oxygen atoms in total. The minimum Gasteiger partial charge on any atom is -0.271 e. The van der Waals surface area contributed by atoms with E-state index in [0.717, 1.165) is 17.4 Å². The van der Waals surface area contributed by atoms with Crippen LogP contribution in [0.15, 0.2) is 24.3 Å². The molecular weight excluding hydrogens is 232 g/mol. The molecule has 0 saturated heterocycles. The molecule has 1 aromatic rings. The molecule has 1 aliphatic carbocycles. The number of hydrogen-bond donors (Lipinski definition) is 2. The minimum atomic E-state index is 0.257. The van der Waals surface area contributed by atoms with Gasteiger partial charge in [-0.1, -0.05) is 49.4 Å². The first kappa shape index (κ1) is 12.9. The van der Waals surface area contributed by atoms with Crippen LogP contribution in [-0.4, -0.2) is 0 Å². The maximum Gasteiger partial charge on any atom is 0.0460 e. The number of halogens is 1. The molecule has 0 heterocycles. The lowest BCUT2D eigenvalue weighted by Crippen LogP contribution is -2.28. The van der Waals surface area contributed by atoms with Crippen LogP contribution in [0.5, 0.6) is 0 Å². The van der Waals surface area contributed by atoms with E-state index in [4.69, 9.17) is 17.4 Å². The van der Waals surface area contributed by atoms with Crippen molar-refractivity contribution in [3.8, 4) is 0 Å². The van der Waals surface area contributed by atoms with Crippen molar-refractivity contribution in [1.82, 2.24) is 5.43 Å². The predicted molar refractivity (Wildman–Crippen MR) is 72.7 cm³/mol. The molecular formula is C14H21ClN2. The average Bonchev–Trinajstić information content (AvgIpc) is 2.85. The highest BCUT2D eigenvalue weighted by atomic mass is 35.5. The van der Waals surface area contributed by atoms with Gasteiger partial charge in [0.15, 0.2) is 0 Å². The summed E-state index contributed by atoms with van der Waals surface area (Å²) in [4.78, 5) is 0. The van der Waals surface area contributed by atoms with Gasteiger partial charge in [0.25, 0.3) is 0 Å². The largest absolute Gasteiger partial charge is 0.271 e. The summed E-state index contributed by atoms with van der Waals surface area (Å²) in [5.74, 6) is 6.56. The van der Waals surface area contributed by atoms with Gasteiger partial charge in [-0.25, -0.2) is 0 Å². The minimum absolute atomic E-state index is 0.257. The van der Waals surface area contributed by atoms with E-state index in [9.17, 15) is 0 Å². The van der Waals surface area contributed by atoms with Gasteiger partial charge in [-0.05, 0) is 36.5 Å². The molecule has 2 rings (SSSR count). The van der Waals surface area contributed by atoms with Gasteiger partial charge in [-0.2, -0.15) is 0 Å². The van der Waals surface area contributed by atoms with Crippen LogP contribution in [0.25, 0.3) is 0 Å². The molecule has 1 unspecified atom stereocenters. The van der Waals surface area contributed by atoms with Crippen molar-refractivity contribution in [3.63, 3.8) is 0 Å². The third-order valence-corrected chi connectivity index (χ3v) is 4.06. The molecule has 3 heteroatoms. The third kappa shape index (κ3) is 3.70. The summed E-state index contributed by atoms with van der Waals surface area (Å²) in [5, 5.41) is 0.778. The summed E-state index contributed by atoms with van der Waals surface area (Å²) in [6.07, 6.45) is 8.01. The maximum absolute atomic E-state index is 5.89. The number of hydrazine groups is 1. The van der Waals surface area contributed by atoms with Crippen LogP contribution < -0.4 is 11.3 Å². The molecule has 1 fully saturated rings. The van der Waals surface area contributed by atoms with Crippen molar-refractivity contribution in [2.24, 2.45) is 11.8 Å². The van der Waals surface area contributed by atoms with Crippen LogP contribution in [0.4, 0.5) is 0 Å². The predicted octanol–water partition coefficient (Wildman–Crippen LogP) is 3.81. The molecule has 1 saturated carbocycles. The Hall–Kier alpha value is -0.570. The summed E-state index contributed by atoms with van der Waals surface area (Å²) in [6.45, 7) is 0. The lowest BCUT2D eigenvalue weighted by molar-refractivity contribution is 0.416. The Morgan fingerprint density at radius 3 is 2.47 bits per heavy atom. The zero-order chi connectivity index (χ0) is 12.1. The summed E-state index contributed by atoms with van der Waals surface area (Å²) in [7, 11) is 0. The lowest BCUT2D eigenvalue weighted by Gasteiger charge is -2.18. The summed E-state index contributed by atoms with van der Waals surface area (Å²) < 4.78 is 0. The smallest absolute Gasteiger partial charge is 0.0460 e. The van der Waals surface area contributed by atoms with Crippen LogP contribution in [-0.2, 0) is 0 Å². The van der Waals surface area contributed by atoms with Gasteiger partial charge in [0.05, 0.1) is 0 Å². The fourth-order valence-electron chi connectivity index (χ4n) is 2.74. The second kappa shape index (κ2) is 6.39. The van der Waals surface area contributed by atoms with Gasteiger partial charge in [-0.3, -0.25) is 11.3 Å². The Labute approximate surface area is 109 Å². The topological polar surface area (TPSA) is 38.0 Å². The van der Waals surface area contributed by atoms with Crippen molar-refractivity contribution in [1.29, 1.82) is 0 Å². The van der Waals surface area contributed by atoms with Crippen LogP contribution in [0.1, 0.15) is 50.1 Å². The Morgan fingerprint density at radius 1 is 1.24 bits per heavy atom. The summed E-state index contributed by atoms with van der Waals surface area (Å²) >= 11 is 5.89. The number of nitrogens with two attached hydrogens (primary N) is 1. The van der Waals surface area contributed by atoms with E-state index >= 15 is 0 Å². The Bertz CT molecular complexity index is 331. The molecule has 1 aromatic carbocycles. The molecule has 0 bridgehead atoms. The first-order valence-electron chi connectivity index (χ1n) is 6.51. The monoisotopic (exact) mass is 252 g/mol. The molecule has 0 amide bonds. The van der Waals surface area contributed by atoms with E-state index < -0.39 is 0 Å². The molecule has 17 heavy (non-hydrogen) atoms. The number of hydrogen-bond acceptors (Lipinski definition) is 2. The van der Waals surface area contributed by atoms with Gasteiger partial charge in [0.2, 0.25) is 0 Å². The molecule has 0 radical (unpaired) electrons. The van der Waals surface area contributed by atoms with E-state index in [-0.39, 0.29) is 6.04 Å². The third-order valence-electron chi connectivity index (χ3n) is 3.81. The number of benzene rings is 1. The molecule has 0 aliphatic heterocycles. The molecule has 3 N–H and O–H groups in total. The highest BCUT2D eigenvalue weighted by molar-refractivity contribution is 6.30. The zero-order valence-electron chi connectivity index (χ0n) is 10.2.